The minimum atomic E-state index is 0.0638. The van der Waals surface area contributed by atoms with E-state index >= 15 is 0 Å². The van der Waals surface area contributed by atoms with Crippen molar-refractivity contribution in [3.8, 4) is 0 Å². The van der Waals surface area contributed by atoms with Crippen LogP contribution in [-0.4, -0.2) is 37.1 Å². The summed E-state index contributed by atoms with van der Waals surface area (Å²) in [5.41, 5.74) is 0.717. The molecule has 4 heteroatoms. The molecule has 0 aromatic heterocycles. The third kappa shape index (κ3) is 4.10. The summed E-state index contributed by atoms with van der Waals surface area (Å²) in [6.07, 6.45) is 0.936. The number of rotatable bonds is 6. The van der Waals surface area contributed by atoms with E-state index in [4.69, 9.17) is 4.74 Å². The lowest BCUT2D eigenvalue weighted by Gasteiger charge is -2.28. The normalized spacial score (nSPS) is 12.2. The molecule has 0 N–H and O–H groups in total. The second-order valence-electron chi connectivity index (χ2n) is 4.26. The molecule has 0 bridgehead atoms. The molecule has 1 rings (SSSR count). The molecule has 1 aromatic carbocycles. The first-order valence-corrected chi connectivity index (χ1v) is 6.95. The van der Waals surface area contributed by atoms with Gasteiger partial charge >= 0.3 is 0 Å². The van der Waals surface area contributed by atoms with Crippen molar-refractivity contribution in [1.82, 2.24) is 4.90 Å². The Morgan fingerprint density at radius 2 is 2.00 bits per heavy atom. The van der Waals surface area contributed by atoms with Crippen LogP contribution in [0.4, 0.5) is 0 Å². The summed E-state index contributed by atoms with van der Waals surface area (Å²) in [5.74, 6) is 0.0638. The average Bonchev–Trinajstić information content (AvgIpc) is 2.39. The first kappa shape index (κ1) is 15.2. The van der Waals surface area contributed by atoms with E-state index in [0.29, 0.717) is 13.2 Å². The summed E-state index contributed by atoms with van der Waals surface area (Å²) in [4.78, 5) is 14.3. The van der Waals surface area contributed by atoms with Crippen molar-refractivity contribution in [3.63, 3.8) is 0 Å². The molecule has 100 valence electrons. The van der Waals surface area contributed by atoms with Crippen LogP contribution in [-0.2, 0) is 4.74 Å². The van der Waals surface area contributed by atoms with Gasteiger partial charge in [0, 0.05) is 29.7 Å². The highest BCUT2D eigenvalue weighted by Crippen LogP contribution is 2.14. The van der Waals surface area contributed by atoms with Crippen LogP contribution in [0.5, 0.6) is 0 Å². The fourth-order valence-electron chi connectivity index (χ4n) is 1.69. The number of nitrogens with zero attached hydrogens (tertiary/aromatic N) is 1. The molecule has 0 saturated carbocycles. The van der Waals surface area contributed by atoms with Crippen LogP contribution in [0.15, 0.2) is 28.7 Å². The topological polar surface area (TPSA) is 29.5 Å². The van der Waals surface area contributed by atoms with Gasteiger partial charge in [0.2, 0.25) is 0 Å². The minimum Gasteiger partial charge on any atom is -0.383 e. The Labute approximate surface area is 117 Å². The highest BCUT2D eigenvalue weighted by molar-refractivity contribution is 9.10. The fourth-order valence-corrected chi connectivity index (χ4v) is 1.95. The maximum absolute atomic E-state index is 12.4. The van der Waals surface area contributed by atoms with Crippen LogP contribution >= 0.6 is 15.9 Å². The number of methoxy groups -OCH3 is 1. The lowest BCUT2D eigenvalue weighted by atomic mass is 10.1. The highest BCUT2D eigenvalue weighted by atomic mass is 79.9. The summed E-state index contributed by atoms with van der Waals surface area (Å²) < 4.78 is 6.05. The molecule has 18 heavy (non-hydrogen) atoms. The van der Waals surface area contributed by atoms with Crippen LogP contribution in [0.2, 0.25) is 0 Å². The molecular formula is C14H20BrNO2. The summed E-state index contributed by atoms with van der Waals surface area (Å²) in [6, 6.07) is 7.68. The Kier molecular flexibility index (Phi) is 6.36. The molecule has 1 aromatic rings. The largest absolute Gasteiger partial charge is 0.383 e. The first-order chi connectivity index (χ1) is 8.60. The van der Waals surface area contributed by atoms with Gasteiger partial charge in [-0.05, 0) is 37.6 Å². The summed E-state index contributed by atoms with van der Waals surface area (Å²) in [7, 11) is 1.65. The predicted octanol–water partition coefficient (Wildman–Crippen LogP) is 3.34. The molecule has 0 fully saturated rings. The summed E-state index contributed by atoms with van der Waals surface area (Å²) in [6.45, 7) is 5.33. The number of carbonyl (C=O) groups excluding carboxylic acids is 1. The van der Waals surface area contributed by atoms with E-state index in [0.717, 1.165) is 16.5 Å². The number of ether oxygens (including phenoxy) is 1. The van der Waals surface area contributed by atoms with Gasteiger partial charge in [-0.25, -0.2) is 0 Å². The van der Waals surface area contributed by atoms with Crippen molar-refractivity contribution < 1.29 is 9.53 Å². The number of carbonyl (C=O) groups is 1. The minimum absolute atomic E-state index is 0.0638. The summed E-state index contributed by atoms with van der Waals surface area (Å²) in [5, 5.41) is 0. The number of amides is 1. The van der Waals surface area contributed by atoms with Gasteiger partial charge < -0.3 is 9.64 Å². The van der Waals surface area contributed by atoms with E-state index in [2.05, 4.69) is 29.8 Å². The number of hydrogen-bond donors (Lipinski definition) is 0. The first-order valence-electron chi connectivity index (χ1n) is 6.15. The Bertz CT molecular complexity index is 378. The van der Waals surface area contributed by atoms with Gasteiger partial charge in [-0.15, -0.1) is 0 Å². The van der Waals surface area contributed by atoms with E-state index in [1.807, 2.05) is 29.2 Å². The van der Waals surface area contributed by atoms with Gasteiger partial charge in [0.25, 0.3) is 5.91 Å². The molecule has 1 amide bonds. The molecule has 0 radical (unpaired) electrons. The SMILES string of the molecule is CCC(C)N(CCOC)C(=O)c1ccc(Br)cc1. The van der Waals surface area contributed by atoms with Crippen molar-refractivity contribution >= 4 is 21.8 Å². The van der Waals surface area contributed by atoms with Gasteiger partial charge in [-0.1, -0.05) is 22.9 Å². The van der Waals surface area contributed by atoms with E-state index in [-0.39, 0.29) is 11.9 Å². The van der Waals surface area contributed by atoms with Gasteiger partial charge in [0.05, 0.1) is 6.61 Å². The molecule has 0 saturated heterocycles. The number of hydrogen-bond acceptors (Lipinski definition) is 2. The van der Waals surface area contributed by atoms with Crippen LogP contribution in [0.1, 0.15) is 30.6 Å². The van der Waals surface area contributed by atoms with Crippen molar-refractivity contribution in [1.29, 1.82) is 0 Å². The van der Waals surface area contributed by atoms with Gasteiger partial charge in [0.1, 0.15) is 0 Å². The Morgan fingerprint density at radius 3 is 2.50 bits per heavy atom. The third-order valence-corrected chi connectivity index (χ3v) is 3.54. The lowest BCUT2D eigenvalue weighted by molar-refractivity contribution is 0.0614. The second-order valence-corrected chi connectivity index (χ2v) is 5.17. The van der Waals surface area contributed by atoms with Gasteiger partial charge in [0.15, 0.2) is 0 Å². The highest BCUT2D eigenvalue weighted by Gasteiger charge is 2.19. The summed E-state index contributed by atoms with van der Waals surface area (Å²) >= 11 is 3.37. The standard InChI is InChI=1S/C14H20BrNO2/c1-4-11(2)16(9-10-18-3)14(17)12-5-7-13(15)8-6-12/h5-8,11H,4,9-10H2,1-3H3. The Balaban J connectivity index is 2.83. The maximum Gasteiger partial charge on any atom is 0.254 e. The molecular weight excluding hydrogens is 294 g/mol. The van der Waals surface area contributed by atoms with Crippen molar-refractivity contribution in [3.05, 3.63) is 34.3 Å². The maximum atomic E-state index is 12.4. The van der Waals surface area contributed by atoms with E-state index in [1.54, 1.807) is 7.11 Å². The van der Waals surface area contributed by atoms with Crippen LogP contribution in [0.3, 0.4) is 0 Å². The number of benzene rings is 1. The second kappa shape index (κ2) is 7.54. The van der Waals surface area contributed by atoms with Gasteiger partial charge in [-0.3, -0.25) is 4.79 Å². The van der Waals surface area contributed by atoms with Crippen LogP contribution in [0, 0.1) is 0 Å². The molecule has 0 aliphatic carbocycles. The van der Waals surface area contributed by atoms with Crippen LogP contribution < -0.4 is 0 Å². The third-order valence-electron chi connectivity index (χ3n) is 3.01. The van der Waals surface area contributed by atoms with E-state index < -0.39 is 0 Å². The average molecular weight is 314 g/mol. The van der Waals surface area contributed by atoms with E-state index in [1.165, 1.54) is 0 Å². The monoisotopic (exact) mass is 313 g/mol. The van der Waals surface area contributed by atoms with Gasteiger partial charge in [-0.2, -0.15) is 0 Å². The molecule has 1 unspecified atom stereocenters. The van der Waals surface area contributed by atoms with E-state index in [9.17, 15) is 4.79 Å². The van der Waals surface area contributed by atoms with Crippen molar-refractivity contribution in [2.45, 2.75) is 26.3 Å². The molecule has 0 aliphatic heterocycles. The molecule has 0 aliphatic rings. The quantitative estimate of drug-likeness (QED) is 0.806. The number of halogens is 1. The fraction of sp³-hybridized carbons (Fsp3) is 0.500. The molecule has 3 nitrogen and oxygen atoms in total. The molecule has 1 atom stereocenters. The molecule has 0 spiro atoms. The zero-order valence-electron chi connectivity index (χ0n) is 11.1. The zero-order valence-corrected chi connectivity index (χ0v) is 12.7. The van der Waals surface area contributed by atoms with Crippen LogP contribution in [0.25, 0.3) is 0 Å². The zero-order chi connectivity index (χ0) is 13.5. The molecule has 0 heterocycles. The lowest BCUT2D eigenvalue weighted by Crippen LogP contribution is -2.40. The smallest absolute Gasteiger partial charge is 0.254 e. The Morgan fingerprint density at radius 1 is 1.39 bits per heavy atom. The van der Waals surface area contributed by atoms with Crippen molar-refractivity contribution in [2.75, 3.05) is 20.3 Å². The predicted molar refractivity (Wildman–Crippen MR) is 76.8 cm³/mol. The van der Waals surface area contributed by atoms with Crippen molar-refractivity contribution in [2.24, 2.45) is 0 Å². The Hall–Kier alpha value is -0.870.